The predicted octanol–water partition coefficient (Wildman–Crippen LogP) is 3.50. The molecule has 1 heterocycles. The first-order chi connectivity index (χ1) is 9.72. The molecular formula is C17H23NO2. The summed E-state index contributed by atoms with van der Waals surface area (Å²) in [5.41, 5.74) is 1.10. The first kappa shape index (κ1) is 14.8. The Morgan fingerprint density at radius 2 is 1.65 bits per heavy atom. The van der Waals surface area contributed by atoms with Crippen molar-refractivity contribution in [3.05, 3.63) is 35.9 Å². The number of unbranched alkanes of at least 4 members (excludes halogenated alkanes) is 3. The molecule has 0 aliphatic carbocycles. The molecule has 1 aliphatic rings. The number of nitrogens with zero attached hydrogens (tertiary/aromatic N) is 1. The van der Waals surface area contributed by atoms with Gasteiger partial charge in [-0.05, 0) is 12.0 Å². The third-order valence-corrected chi connectivity index (χ3v) is 3.95. The van der Waals surface area contributed by atoms with Crippen LogP contribution in [0.15, 0.2) is 30.3 Å². The highest BCUT2D eigenvalue weighted by Crippen LogP contribution is 2.29. The topological polar surface area (TPSA) is 37.4 Å². The number of amides is 2. The minimum absolute atomic E-state index is 0.00778. The van der Waals surface area contributed by atoms with E-state index in [2.05, 4.69) is 6.92 Å². The van der Waals surface area contributed by atoms with E-state index in [1.165, 1.54) is 11.3 Å². The van der Waals surface area contributed by atoms with Gasteiger partial charge in [-0.3, -0.25) is 14.5 Å². The molecule has 0 radical (unpaired) electrons. The molecule has 1 aromatic rings. The van der Waals surface area contributed by atoms with E-state index < -0.39 is 0 Å². The van der Waals surface area contributed by atoms with Gasteiger partial charge < -0.3 is 0 Å². The molecule has 1 aromatic carbocycles. The summed E-state index contributed by atoms with van der Waals surface area (Å²) in [5.74, 6) is 0.0429. The fourth-order valence-electron chi connectivity index (χ4n) is 2.76. The Morgan fingerprint density at radius 3 is 2.25 bits per heavy atom. The van der Waals surface area contributed by atoms with E-state index in [4.69, 9.17) is 0 Å². The molecule has 2 amide bonds. The second-order valence-corrected chi connectivity index (χ2v) is 5.52. The highest BCUT2D eigenvalue weighted by atomic mass is 16.2. The minimum Gasteiger partial charge on any atom is -0.283 e. The maximum Gasteiger partial charge on any atom is 0.229 e. The molecule has 0 atom stereocenters. The molecule has 1 aliphatic heterocycles. The summed E-state index contributed by atoms with van der Waals surface area (Å²) in [6.07, 6.45) is 5.28. The SMILES string of the molecule is CCCCCCN1C(=O)CC(c2ccccc2)CC1=O. The van der Waals surface area contributed by atoms with Gasteiger partial charge in [-0.1, -0.05) is 56.5 Å². The van der Waals surface area contributed by atoms with E-state index in [1.807, 2.05) is 30.3 Å². The number of piperidine rings is 1. The third-order valence-electron chi connectivity index (χ3n) is 3.95. The summed E-state index contributed by atoms with van der Waals surface area (Å²) in [4.78, 5) is 25.8. The molecule has 0 spiro atoms. The van der Waals surface area contributed by atoms with Crippen molar-refractivity contribution >= 4 is 11.8 Å². The normalized spacial score (nSPS) is 16.8. The van der Waals surface area contributed by atoms with Crippen LogP contribution in [0, 0.1) is 0 Å². The lowest BCUT2D eigenvalue weighted by atomic mass is 9.88. The number of benzene rings is 1. The highest BCUT2D eigenvalue weighted by molar-refractivity contribution is 5.98. The van der Waals surface area contributed by atoms with Gasteiger partial charge in [0.25, 0.3) is 0 Å². The number of hydrogen-bond donors (Lipinski definition) is 0. The predicted molar refractivity (Wildman–Crippen MR) is 79.3 cm³/mol. The van der Waals surface area contributed by atoms with Crippen LogP contribution in [0.4, 0.5) is 0 Å². The van der Waals surface area contributed by atoms with Gasteiger partial charge in [-0.15, -0.1) is 0 Å². The van der Waals surface area contributed by atoms with Crippen LogP contribution >= 0.6 is 0 Å². The molecule has 0 unspecified atom stereocenters. The Hall–Kier alpha value is -1.64. The minimum atomic E-state index is -0.00778. The van der Waals surface area contributed by atoms with Crippen LogP contribution in [0.25, 0.3) is 0 Å². The Labute approximate surface area is 121 Å². The van der Waals surface area contributed by atoms with E-state index in [-0.39, 0.29) is 17.7 Å². The van der Waals surface area contributed by atoms with Gasteiger partial charge in [0.15, 0.2) is 0 Å². The summed E-state index contributed by atoms with van der Waals surface area (Å²) in [6.45, 7) is 2.75. The molecule has 1 fully saturated rings. The Bertz CT molecular complexity index is 437. The lowest BCUT2D eigenvalue weighted by Crippen LogP contribution is -2.43. The first-order valence-electron chi connectivity index (χ1n) is 7.60. The van der Waals surface area contributed by atoms with Gasteiger partial charge in [0, 0.05) is 25.3 Å². The zero-order valence-corrected chi connectivity index (χ0v) is 12.2. The van der Waals surface area contributed by atoms with Crippen molar-refractivity contribution in [2.75, 3.05) is 6.54 Å². The van der Waals surface area contributed by atoms with Crippen LogP contribution in [0.5, 0.6) is 0 Å². The zero-order valence-electron chi connectivity index (χ0n) is 12.2. The van der Waals surface area contributed by atoms with Gasteiger partial charge >= 0.3 is 0 Å². The Balaban J connectivity index is 1.92. The van der Waals surface area contributed by atoms with E-state index in [9.17, 15) is 9.59 Å². The zero-order chi connectivity index (χ0) is 14.4. The van der Waals surface area contributed by atoms with Crippen LogP contribution < -0.4 is 0 Å². The van der Waals surface area contributed by atoms with Crippen LogP contribution in [0.3, 0.4) is 0 Å². The van der Waals surface area contributed by atoms with E-state index in [0.717, 1.165) is 24.8 Å². The standard InChI is InChI=1S/C17H23NO2/c1-2-3-4-8-11-18-16(19)12-15(13-17(18)20)14-9-6-5-7-10-14/h5-7,9-10,15H,2-4,8,11-13H2,1H3. The molecule has 3 nitrogen and oxygen atoms in total. The highest BCUT2D eigenvalue weighted by Gasteiger charge is 2.32. The molecular weight excluding hydrogens is 250 g/mol. The van der Waals surface area contributed by atoms with Crippen molar-refractivity contribution in [2.45, 2.75) is 51.4 Å². The molecule has 108 valence electrons. The van der Waals surface area contributed by atoms with Crippen LogP contribution in [0.2, 0.25) is 0 Å². The third kappa shape index (κ3) is 3.69. The molecule has 2 rings (SSSR count). The molecule has 20 heavy (non-hydrogen) atoms. The number of hydrogen-bond acceptors (Lipinski definition) is 2. The van der Waals surface area contributed by atoms with Crippen molar-refractivity contribution in [2.24, 2.45) is 0 Å². The fraction of sp³-hybridized carbons (Fsp3) is 0.529. The lowest BCUT2D eigenvalue weighted by molar-refractivity contribution is -0.148. The molecule has 0 N–H and O–H groups in total. The average molecular weight is 273 g/mol. The number of rotatable bonds is 6. The fourth-order valence-corrected chi connectivity index (χ4v) is 2.76. The van der Waals surface area contributed by atoms with Crippen molar-refractivity contribution in [1.29, 1.82) is 0 Å². The Kier molecular flexibility index (Phi) is 5.33. The van der Waals surface area contributed by atoms with Gasteiger partial charge in [-0.2, -0.15) is 0 Å². The van der Waals surface area contributed by atoms with Crippen LogP contribution in [-0.2, 0) is 9.59 Å². The number of imide groups is 1. The number of likely N-dealkylation sites (tertiary alicyclic amines) is 1. The quantitative estimate of drug-likeness (QED) is 0.587. The van der Waals surface area contributed by atoms with Gasteiger partial charge in [0.2, 0.25) is 11.8 Å². The molecule has 0 bridgehead atoms. The summed E-state index contributed by atoms with van der Waals surface area (Å²) >= 11 is 0. The maximum atomic E-state index is 12.2. The molecule has 0 saturated carbocycles. The van der Waals surface area contributed by atoms with Gasteiger partial charge in [0.05, 0.1) is 0 Å². The Morgan fingerprint density at radius 1 is 1.00 bits per heavy atom. The maximum absolute atomic E-state index is 12.2. The van der Waals surface area contributed by atoms with Crippen molar-refractivity contribution in [3.8, 4) is 0 Å². The summed E-state index contributed by atoms with van der Waals surface area (Å²) < 4.78 is 0. The molecule has 1 saturated heterocycles. The summed E-state index contributed by atoms with van der Waals surface area (Å²) in [6, 6.07) is 9.88. The van der Waals surface area contributed by atoms with E-state index in [1.54, 1.807) is 0 Å². The smallest absolute Gasteiger partial charge is 0.229 e. The first-order valence-corrected chi connectivity index (χ1v) is 7.60. The average Bonchev–Trinajstić information content (AvgIpc) is 2.46. The second kappa shape index (κ2) is 7.22. The summed E-state index contributed by atoms with van der Waals surface area (Å²) in [7, 11) is 0. The van der Waals surface area contributed by atoms with Crippen LogP contribution in [-0.4, -0.2) is 23.3 Å². The van der Waals surface area contributed by atoms with Gasteiger partial charge in [-0.25, -0.2) is 0 Å². The largest absolute Gasteiger partial charge is 0.283 e. The van der Waals surface area contributed by atoms with Crippen molar-refractivity contribution < 1.29 is 9.59 Å². The van der Waals surface area contributed by atoms with E-state index >= 15 is 0 Å². The van der Waals surface area contributed by atoms with Crippen molar-refractivity contribution in [1.82, 2.24) is 4.90 Å². The van der Waals surface area contributed by atoms with Crippen LogP contribution in [0.1, 0.15) is 56.9 Å². The monoisotopic (exact) mass is 273 g/mol. The molecule has 0 aromatic heterocycles. The second-order valence-electron chi connectivity index (χ2n) is 5.52. The van der Waals surface area contributed by atoms with Gasteiger partial charge in [0.1, 0.15) is 0 Å². The molecule has 3 heteroatoms. The summed E-state index contributed by atoms with van der Waals surface area (Å²) in [5, 5.41) is 0. The number of carbonyl (C=O) groups is 2. The number of carbonyl (C=O) groups excluding carboxylic acids is 2. The van der Waals surface area contributed by atoms with E-state index in [0.29, 0.717) is 19.4 Å². The lowest BCUT2D eigenvalue weighted by Gasteiger charge is -2.30. The van der Waals surface area contributed by atoms with Crippen molar-refractivity contribution in [3.63, 3.8) is 0 Å².